The highest BCUT2D eigenvalue weighted by molar-refractivity contribution is 9.11. The van der Waals surface area contributed by atoms with Gasteiger partial charge in [-0.15, -0.1) is 0 Å². The fourth-order valence-electron chi connectivity index (χ4n) is 2.42. The summed E-state index contributed by atoms with van der Waals surface area (Å²) in [6, 6.07) is 4.28. The maximum absolute atomic E-state index is 6.13. The molecule has 6 heteroatoms. The first-order chi connectivity index (χ1) is 9.35. The van der Waals surface area contributed by atoms with Crippen molar-refractivity contribution in [2.24, 2.45) is 0 Å². The first-order valence-corrected chi connectivity index (χ1v) is 12.3. The highest BCUT2D eigenvalue weighted by atomic mass is 79.9. The van der Waals surface area contributed by atoms with Crippen LogP contribution < -0.4 is 10.6 Å². The van der Waals surface area contributed by atoms with Gasteiger partial charge in [0.05, 0.1) is 19.3 Å². The van der Waals surface area contributed by atoms with Gasteiger partial charge < -0.3 is 9.31 Å². The van der Waals surface area contributed by atoms with Crippen LogP contribution in [0.25, 0.3) is 0 Å². The molecule has 116 valence electrons. The Bertz CT molecular complexity index is 528. The third kappa shape index (κ3) is 3.34. The van der Waals surface area contributed by atoms with Crippen LogP contribution >= 0.6 is 31.9 Å². The Labute approximate surface area is 146 Å². The number of hydrogen-bond donors (Lipinski definition) is 0. The van der Waals surface area contributed by atoms with Crippen molar-refractivity contribution in [2.45, 2.75) is 58.5 Å². The molecule has 2 rings (SSSR count). The second-order valence-electron chi connectivity index (χ2n) is 7.70. The van der Waals surface area contributed by atoms with Crippen LogP contribution in [0, 0.1) is 0 Å². The van der Waals surface area contributed by atoms with E-state index in [9.17, 15) is 0 Å². The third-order valence-electron chi connectivity index (χ3n) is 4.34. The van der Waals surface area contributed by atoms with Crippen molar-refractivity contribution in [1.82, 2.24) is 0 Å². The van der Waals surface area contributed by atoms with Crippen molar-refractivity contribution in [3.8, 4) is 0 Å². The highest BCUT2D eigenvalue weighted by Crippen LogP contribution is 2.36. The average Bonchev–Trinajstić information content (AvgIpc) is 2.44. The van der Waals surface area contributed by atoms with Crippen LogP contribution in [0.2, 0.25) is 19.6 Å². The van der Waals surface area contributed by atoms with Crippen molar-refractivity contribution in [3.05, 3.63) is 21.1 Å². The summed E-state index contributed by atoms with van der Waals surface area (Å²) in [4.78, 5) is 0. The molecule has 0 aromatic heterocycles. The van der Waals surface area contributed by atoms with Crippen LogP contribution in [0.5, 0.6) is 0 Å². The fraction of sp³-hybridized carbons (Fsp3) is 0.600. The molecule has 0 unspecified atom stereocenters. The molecule has 0 amide bonds. The fourth-order valence-corrected chi connectivity index (χ4v) is 8.79. The molecule has 0 aliphatic carbocycles. The van der Waals surface area contributed by atoms with Crippen LogP contribution in [0.3, 0.4) is 0 Å². The molecular weight excluding hydrogens is 411 g/mol. The second kappa shape index (κ2) is 5.48. The predicted molar refractivity (Wildman–Crippen MR) is 101 cm³/mol. The minimum atomic E-state index is -1.42. The predicted octanol–water partition coefficient (Wildman–Crippen LogP) is 4.06. The molecule has 0 radical (unpaired) electrons. The molecule has 0 spiro atoms. The molecule has 1 saturated heterocycles. The van der Waals surface area contributed by atoms with E-state index in [1.165, 1.54) is 5.19 Å². The Morgan fingerprint density at radius 2 is 1.29 bits per heavy atom. The molecule has 1 aliphatic rings. The van der Waals surface area contributed by atoms with Crippen LogP contribution in [0.1, 0.15) is 27.7 Å². The van der Waals surface area contributed by atoms with Crippen LogP contribution in [-0.4, -0.2) is 26.4 Å². The summed E-state index contributed by atoms with van der Waals surface area (Å²) in [7, 11) is -1.74. The minimum Gasteiger partial charge on any atom is -0.399 e. The normalized spacial score (nSPS) is 20.9. The summed E-state index contributed by atoms with van der Waals surface area (Å²) >= 11 is 7.46. The number of hydrogen-bond acceptors (Lipinski definition) is 2. The van der Waals surface area contributed by atoms with Crippen molar-refractivity contribution in [3.63, 3.8) is 0 Å². The lowest BCUT2D eigenvalue weighted by molar-refractivity contribution is 0.00578. The Morgan fingerprint density at radius 3 is 1.62 bits per heavy atom. The minimum absolute atomic E-state index is 0.311. The monoisotopic (exact) mass is 432 g/mol. The third-order valence-corrected chi connectivity index (χ3v) is 8.36. The van der Waals surface area contributed by atoms with E-state index in [0.29, 0.717) is 0 Å². The number of halogens is 2. The van der Waals surface area contributed by atoms with Crippen molar-refractivity contribution < 1.29 is 9.31 Å². The van der Waals surface area contributed by atoms with E-state index >= 15 is 0 Å². The molecule has 0 N–H and O–H groups in total. The molecule has 2 nitrogen and oxygen atoms in total. The molecule has 1 aliphatic heterocycles. The van der Waals surface area contributed by atoms with Crippen LogP contribution in [0.4, 0.5) is 0 Å². The summed E-state index contributed by atoms with van der Waals surface area (Å²) in [5, 5.41) is 1.39. The van der Waals surface area contributed by atoms with Gasteiger partial charge in [-0.3, -0.25) is 0 Å². The zero-order chi connectivity index (χ0) is 16.2. The summed E-state index contributed by atoms with van der Waals surface area (Å²) in [5.41, 5.74) is 0.427. The van der Waals surface area contributed by atoms with Crippen molar-refractivity contribution >= 4 is 57.7 Å². The Kier molecular flexibility index (Phi) is 4.63. The van der Waals surface area contributed by atoms with E-state index in [0.717, 1.165) is 14.4 Å². The average molecular weight is 434 g/mol. The van der Waals surface area contributed by atoms with Crippen molar-refractivity contribution in [2.75, 3.05) is 0 Å². The topological polar surface area (TPSA) is 18.5 Å². The Hall–Kier alpha value is 0.382. The Balaban J connectivity index is 2.41. The van der Waals surface area contributed by atoms with E-state index in [-0.39, 0.29) is 18.3 Å². The summed E-state index contributed by atoms with van der Waals surface area (Å²) in [6.07, 6.45) is 0. The van der Waals surface area contributed by atoms with E-state index in [4.69, 9.17) is 9.31 Å². The first kappa shape index (κ1) is 17.7. The zero-order valence-corrected chi connectivity index (χ0v) is 18.0. The standard InChI is InChI=1S/C15H23BBr2O2Si/c1-14(2)15(3,4)20-16(19-14)10-8-11(17)13(12(18)9-10)21(5,6)7/h8-9H,1-7H3. The molecule has 1 heterocycles. The van der Waals surface area contributed by atoms with Gasteiger partial charge in [0.15, 0.2) is 0 Å². The highest BCUT2D eigenvalue weighted by Gasteiger charge is 2.51. The largest absolute Gasteiger partial charge is 0.494 e. The van der Waals surface area contributed by atoms with E-state index in [2.05, 4.69) is 91.3 Å². The quantitative estimate of drug-likeness (QED) is 0.655. The maximum atomic E-state index is 6.13. The van der Waals surface area contributed by atoms with Crippen molar-refractivity contribution in [1.29, 1.82) is 0 Å². The molecule has 21 heavy (non-hydrogen) atoms. The SMILES string of the molecule is CC1(C)OB(c2cc(Br)c([Si](C)(C)C)c(Br)c2)OC1(C)C. The van der Waals surface area contributed by atoms with E-state index < -0.39 is 8.07 Å². The Morgan fingerprint density at radius 1 is 0.905 bits per heavy atom. The van der Waals surface area contributed by atoms with Gasteiger partial charge in [0.1, 0.15) is 0 Å². The first-order valence-electron chi connectivity index (χ1n) is 7.20. The van der Waals surface area contributed by atoms with E-state index in [1.54, 1.807) is 0 Å². The molecule has 0 saturated carbocycles. The number of benzene rings is 1. The van der Waals surface area contributed by atoms with Gasteiger partial charge in [0.2, 0.25) is 0 Å². The molecule has 1 aromatic rings. The second-order valence-corrected chi connectivity index (χ2v) is 14.4. The summed E-state index contributed by atoms with van der Waals surface area (Å²) in [6.45, 7) is 15.3. The zero-order valence-electron chi connectivity index (χ0n) is 13.8. The molecule has 0 atom stereocenters. The van der Waals surface area contributed by atoms with Crippen LogP contribution in [0.15, 0.2) is 21.1 Å². The smallest absolute Gasteiger partial charge is 0.399 e. The van der Waals surface area contributed by atoms with Gasteiger partial charge >= 0.3 is 7.12 Å². The molecular formula is C15H23BBr2O2Si. The lowest BCUT2D eigenvalue weighted by Gasteiger charge is -2.32. The van der Waals surface area contributed by atoms with Gasteiger partial charge in [-0.2, -0.15) is 0 Å². The molecule has 0 bridgehead atoms. The van der Waals surface area contributed by atoms with Gasteiger partial charge in [0, 0.05) is 8.95 Å². The maximum Gasteiger partial charge on any atom is 0.494 e. The van der Waals surface area contributed by atoms with Gasteiger partial charge in [-0.25, -0.2) is 0 Å². The number of rotatable bonds is 2. The van der Waals surface area contributed by atoms with E-state index in [1.807, 2.05) is 0 Å². The lowest BCUT2D eigenvalue weighted by atomic mass is 9.79. The molecule has 1 aromatic carbocycles. The summed E-state index contributed by atoms with van der Waals surface area (Å²) in [5.74, 6) is 0. The van der Waals surface area contributed by atoms with Gasteiger partial charge in [0.25, 0.3) is 0 Å². The van der Waals surface area contributed by atoms with Crippen LogP contribution in [-0.2, 0) is 9.31 Å². The van der Waals surface area contributed by atoms with Gasteiger partial charge in [-0.05, 0) is 50.5 Å². The lowest BCUT2D eigenvalue weighted by Crippen LogP contribution is -2.42. The summed E-state index contributed by atoms with van der Waals surface area (Å²) < 4.78 is 14.5. The van der Waals surface area contributed by atoms with Gasteiger partial charge in [-0.1, -0.05) is 51.5 Å². The molecule has 1 fully saturated rings.